The highest BCUT2D eigenvalue weighted by Crippen LogP contribution is 2.28. The van der Waals surface area contributed by atoms with Crippen LogP contribution < -0.4 is 5.32 Å². The van der Waals surface area contributed by atoms with Gasteiger partial charge >= 0.3 is 0 Å². The van der Waals surface area contributed by atoms with Crippen LogP contribution in [-0.2, 0) is 18.4 Å². The molecule has 0 fully saturated rings. The molecule has 0 saturated carbocycles. The molecular formula is C17H17FN4OS2. The van der Waals surface area contributed by atoms with Crippen LogP contribution in [0.5, 0.6) is 0 Å². The van der Waals surface area contributed by atoms with Gasteiger partial charge in [-0.15, -0.1) is 21.5 Å². The number of nitrogens with zero attached hydrogens (tertiary/aromatic N) is 3. The van der Waals surface area contributed by atoms with E-state index in [-0.39, 0.29) is 23.5 Å². The number of nitrogens with one attached hydrogen (secondary N) is 1. The third kappa shape index (κ3) is 4.08. The van der Waals surface area contributed by atoms with Gasteiger partial charge in [0, 0.05) is 19.2 Å². The van der Waals surface area contributed by atoms with Crippen molar-refractivity contribution in [1.82, 2.24) is 20.1 Å². The van der Waals surface area contributed by atoms with Gasteiger partial charge in [-0.05, 0) is 24.4 Å². The number of aromatic nitrogens is 3. The maximum atomic E-state index is 13.6. The van der Waals surface area contributed by atoms with Crippen molar-refractivity contribution in [2.45, 2.75) is 23.9 Å². The second-order valence-electron chi connectivity index (χ2n) is 5.41. The van der Waals surface area contributed by atoms with E-state index in [0.29, 0.717) is 10.7 Å². The molecule has 1 unspecified atom stereocenters. The highest BCUT2D eigenvalue weighted by molar-refractivity contribution is 8.00. The van der Waals surface area contributed by atoms with Crippen molar-refractivity contribution < 1.29 is 9.18 Å². The number of carbonyl (C=O) groups is 1. The van der Waals surface area contributed by atoms with Crippen molar-refractivity contribution in [2.75, 3.05) is 0 Å². The maximum absolute atomic E-state index is 13.6. The van der Waals surface area contributed by atoms with Crippen LogP contribution in [0.3, 0.4) is 0 Å². The van der Waals surface area contributed by atoms with Gasteiger partial charge < -0.3 is 9.88 Å². The summed E-state index contributed by atoms with van der Waals surface area (Å²) < 4.78 is 15.5. The van der Waals surface area contributed by atoms with Gasteiger partial charge in [-0.2, -0.15) is 0 Å². The summed E-state index contributed by atoms with van der Waals surface area (Å²) in [6.07, 6.45) is 0. The molecule has 1 amide bonds. The molecule has 0 saturated heterocycles. The van der Waals surface area contributed by atoms with Crippen LogP contribution in [-0.4, -0.2) is 25.9 Å². The van der Waals surface area contributed by atoms with Gasteiger partial charge in [0.25, 0.3) is 0 Å². The number of thiophene rings is 1. The number of hydrogen-bond donors (Lipinski definition) is 1. The lowest BCUT2D eigenvalue weighted by atomic mass is 10.2. The first-order valence-corrected chi connectivity index (χ1v) is 9.43. The van der Waals surface area contributed by atoms with Gasteiger partial charge in [-0.3, -0.25) is 4.79 Å². The minimum atomic E-state index is -0.370. The third-order valence-corrected chi connectivity index (χ3v) is 5.64. The Morgan fingerprint density at radius 2 is 2.12 bits per heavy atom. The van der Waals surface area contributed by atoms with Crippen LogP contribution in [0.2, 0.25) is 0 Å². The first-order chi connectivity index (χ1) is 12.1. The molecule has 5 nitrogen and oxygen atoms in total. The van der Waals surface area contributed by atoms with E-state index < -0.39 is 0 Å². The molecule has 130 valence electrons. The summed E-state index contributed by atoms with van der Waals surface area (Å²) in [6, 6.07) is 10.3. The number of halogens is 1. The quantitative estimate of drug-likeness (QED) is 0.669. The Balaban J connectivity index is 1.61. The molecule has 0 radical (unpaired) electrons. The molecule has 0 spiro atoms. The lowest BCUT2D eigenvalue weighted by Crippen LogP contribution is -2.30. The topological polar surface area (TPSA) is 59.8 Å². The fourth-order valence-corrected chi connectivity index (χ4v) is 3.80. The summed E-state index contributed by atoms with van der Waals surface area (Å²) in [5.41, 5.74) is 0.465. The molecule has 3 aromatic rings. The fraction of sp³-hybridized carbons (Fsp3) is 0.235. The Morgan fingerprint density at radius 3 is 2.84 bits per heavy atom. The van der Waals surface area contributed by atoms with E-state index in [9.17, 15) is 9.18 Å². The highest BCUT2D eigenvalue weighted by Gasteiger charge is 2.19. The molecule has 1 atom stereocenters. The van der Waals surface area contributed by atoms with Crippen LogP contribution in [0.25, 0.3) is 10.7 Å². The molecule has 1 aromatic carbocycles. The maximum Gasteiger partial charge on any atom is 0.233 e. The van der Waals surface area contributed by atoms with E-state index >= 15 is 0 Å². The summed E-state index contributed by atoms with van der Waals surface area (Å²) in [4.78, 5) is 13.3. The van der Waals surface area contributed by atoms with Crippen LogP contribution in [0.15, 0.2) is 46.9 Å². The highest BCUT2D eigenvalue weighted by atomic mass is 32.2. The Labute approximate surface area is 153 Å². The second-order valence-corrected chi connectivity index (χ2v) is 7.67. The molecule has 0 aliphatic heterocycles. The molecule has 2 heterocycles. The molecule has 0 bridgehead atoms. The van der Waals surface area contributed by atoms with Crippen LogP contribution >= 0.6 is 23.1 Å². The van der Waals surface area contributed by atoms with Crippen LogP contribution in [0.1, 0.15) is 12.5 Å². The van der Waals surface area contributed by atoms with Crippen molar-refractivity contribution >= 4 is 29.0 Å². The molecule has 25 heavy (non-hydrogen) atoms. The van der Waals surface area contributed by atoms with Crippen molar-refractivity contribution in [3.8, 4) is 10.7 Å². The van der Waals surface area contributed by atoms with Gasteiger partial charge in [0.1, 0.15) is 5.82 Å². The molecule has 0 aliphatic rings. The van der Waals surface area contributed by atoms with Gasteiger partial charge in [0.2, 0.25) is 5.91 Å². The van der Waals surface area contributed by atoms with Crippen molar-refractivity contribution in [1.29, 1.82) is 0 Å². The summed E-state index contributed by atoms with van der Waals surface area (Å²) in [5, 5.41) is 13.4. The van der Waals surface area contributed by atoms with E-state index in [1.54, 1.807) is 36.5 Å². The summed E-state index contributed by atoms with van der Waals surface area (Å²) in [7, 11) is 1.88. The zero-order chi connectivity index (χ0) is 17.8. The van der Waals surface area contributed by atoms with Gasteiger partial charge in [0.05, 0.1) is 10.1 Å². The smallest absolute Gasteiger partial charge is 0.233 e. The zero-order valence-corrected chi connectivity index (χ0v) is 15.4. The predicted molar refractivity (Wildman–Crippen MR) is 97.9 cm³/mol. The second kappa shape index (κ2) is 7.79. The number of amides is 1. The summed E-state index contributed by atoms with van der Waals surface area (Å²) in [5.74, 6) is 0.280. The standard InChI is InChI=1S/C17H17FN4OS2/c1-11(16(23)19-10-12-6-3-4-7-13(12)18)25-17-21-20-15(22(17)2)14-8-5-9-24-14/h3-9,11H,10H2,1-2H3,(H,19,23). The normalized spacial score (nSPS) is 12.1. The zero-order valence-electron chi connectivity index (χ0n) is 13.8. The number of thioether (sulfide) groups is 1. The third-order valence-electron chi connectivity index (χ3n) is 3.64. The first kappa shape index (κ1) is 17.6. The number of rotatable bonds is 6. The monoisotopic (exact) mass is 376 g/mol. The molecule has 3 rings (SSSR count). The Morgan fingerprint density at radius 1 is 1.32 bits per heavy atom. The largest absolute Gasteiger partial charge is 0.351 e. The molecular weight excluding hydrogens is 359 g/mol. The number of benzene rings is 1. The molecule has 8 heteroatoms. The number of hydrogen-bond acceptors (Lipinski definition) is 5. The van der Waals surface area contributed by atoms with E-state index in [1.807, 2.05) is 29.1 Å². The van der Waals surface area contributed by atoms with Crippen LogP contribution in [0, 0.1) is 5.82 Å². The molecule has 2 aromatic heterocycles. The van der Waals surface area contributed by atoms with Crippen molar-refractivity contribution in [3.63, 3.8) is 0 Å². The van der Waals surface area contributed by atoms with Gasteiger partial charge in [0.15, 0.2) is 11.0 Å². The van der Waals surface area contributed by atoms with E-state index in [1.165, 1.54) is 17.8 Å². The van der Waals surface area contributed by atoms with E-state index in [4.69, 9.17) is 0 Å². The SMILES string of the molecule is CC(Sc1nnc(-c2cccs2)n1C)C(=O)NCc1ccccc1F. The van der Waals surface area contributed by atoms with Crippen molar-refractivity contribution in [3.05, 3.63) is 53.2 Å². The van der Waals surface area contributed by atoms with Gasteiger partial charge in [-0.1, -0.05) is 36.0 Å². The lowest BCUT2D eigenvalue weighted by Gasteiger charge is -2.12. The van der Waals surface area contributed by atoms with E-state index in [2.05, 4.69) is 15.5 Å². The minimum absolute atomic E-state index is 0.162. The lowest BCUT2D eigenvalue weighted by molar-refractivity contribution is -0.120. The van der Waals surface area contributed by atoms with Crippen molar-refractivity contribution in [2.24, 2.45) is 7.05 Å². The Hall–Kier alpha value is -2.19. The van der Waals surface area contributed by atoms with Gasteiger partial charge in [-0.25, -0.2) is 4.39 Å². The summed E-state index contributed by atoms with van der Waals surface area (Å²) >= 11 is 2.91. The average Bonchev–Trinajstić information content (AvgIpc) is 3.24. The molecule has 0 aliphatic carbocycles. The fourth-order valence-electron chi connectivity index (χ4n) is 2.22. The van der Waals surface area contributed by atoms with E-state index in [0.717, 1.165) is 10.7 Å². The summed E-state index contributed by atoms with van der Waals surface area (Å²) in [6.45, 7) is 1.95. The first-order valence-electron chi connectivity index (χ1n) is 7.67. The molecule has 1 N–H and O–H groups in total. The number of carbonyl (C=O) groups excluding carboxylic acids is 1. The Kier molecular flexibility index (Phi) is 5.50. The minimum Gasteiger partial charge on any atom is -0.351 e. The Bertz CT molecular complexity index is 863. The average molecular weight is 376 g/mol. The van der Waals surface area contributed by atoms with Crippen LogP contribution in [0.4, 0.5) is 4.39 Å². The predicted octanol–water partition coefficient (Wildman–Crippen LogP) is 3.48.